The number of likely N-dealkylation sites (tertiary alicyclic amines) is 1. The molecule has 12 heavy (non-hydrogen) atoms. The van der Waals surface area contributed by atoms with Gasteiger partial charge >= 0.3 is 0 Å². The normalized spacial score (nSPS) is 18.6. The van der Waals surface area contributed by atoms with E-state index in [-0.39, 0.29) is 0 Å². The van der Waals surface area contributed by atoms with Crippen molar-refractivity contribution in [2.24, 2.45) is 0 Å². The van der Waals surface area contributed by atoms with Gasteiger partial charge in [0.2, 0.25) is 0 Å². The molecule has 1 heterocycles. The van der Waals surface area contributed by atoms with E-state index in [4.69, 9.17) is 0 Å². The third kappa shape index (κ3) is 3.02. The average molecular weight is 230 g/mol. The molecule has 0 radical (unpaired) electrons. The standard InChI is InChI=1S/C10H16BrN/c1-10(6-5-7-11)12-8-3-2-4-9-12/h5-6H,1-4,7-9H2/b6-5+. The summed E-state index contributed by atoms with van der Waals surface area (Å²) in [6.45, 7) is 6.41. The third-order valence-electron chi connectivity index (χ3n) is 2.16. The zero-order valence-corrected chi connectivity index (χ0v) is 9.02. The molecule has 0 spiro atoms. The monoisotopic (exact) mass is 229 g/mol. The van der Waals surface area contributed by atoms with Crippen molar-refractivity contribution in [3.05, 3.63) is 24.4 Å². The van der Waals surface area contributed by atoms with Crippen LogP contribution in [0.4, 0.5) is 0 Å². The van der Waals surface area contributed by atoms with Crippen LogP contribution in [0.3, 0.4) is 0 Å². The fourth-order valence-corrected chi connectivity index (χ4v) is 1.65. The highest BCUT2D eigenvalue weighted by Gasteiger charge is 2.08. The smallest absolute Gasteiger partial charge is 0.0290 e. The van der Waals surface area contributed by atoms with E-state index in [9.17, 15) is 0 Å². The van der Waals surface area contributed by atoms with Crippen LogP contribution in [0.2, 0.25) is 0 Å². The molecular weight excluding hydrogens is 214 g/mol. The summed E-state index contributed by atoms with van der Waals surface area (Å²) in [7, 11) is 0. The summed E-state index contributed by atoms with van der Waals surface area (Å²) < 4.78 is 0. The van der Waals surface area contributed by atoms with Crippen LogP contribution in [0.1, 0.15) is 19.3 Å². The summed E-state index contributed by atoms with van der Waals surface area (Å²) in [6, 6.07) is 0. The van der Waals surface area contributed by atoms with Crippen molar-refractivity contribution in [3.8, 4) is 0 Å². The number of rotatable bonds is 3. The van der Waals surface area contributed by atoms with Crippen molar-refractivity contribution >= 4 is 15.9 Å². The molecule has 1 saturated heterocycles. The molecule has 1 aliphatic rings. The Hall–Kier alpha value is -0.240. The van der Waals surface area contributed by atoms with E-state index < -0.39 is 0 Å². The highest BCUT2D eigenvalue weighted by atomic mass is 79.9. The van der Waals surface area contributed by atoms with Crippen LogP contribution in [0.5, 0.6) is 0 Å². The molecular formula is C10H16BrN. The molecule has 0 aromatic rings. The predicted molar refractivity (Wildman–Crippen MR) is 57.5 cm³/mol. The van der Waals surface area contributed by atoms with Crippen LogP contribution in [0.25, 0.3) is 0 Å². The second kappa shape index (κ2) is 5.41. The highest BCUT2D eigenvalue weighted by molar-refractivity contribution is 9.09. The second-order valence-corrected chi connectivity index (χ2v) is 3.74. The molecule has 0 aliphatic carbocycles. The summed E-state index contributed by atoms with van der Waals surface area (Å²) in [4.78, 5) is 2.36. The van der Waals surface area contributed by atoms with Crippen molar-refractivity contribution in [2.45, 2.75) is 19.3 Å². The maximum Gasteiger partial charge on any atom is 0.0290 e. The summed E-state index contributed by atoms with van der Waals surface area (Å²) in [5.74, 6) is 0. The number of piperidine rings is 1. The molecule has 1 nitrogen and oxygen atoms in total. The summed E-state index contributed by atoms with van der Waals surface area (Å²) >= 11 is 3.36. The Balaban J connectivity index is 2.34. The number of nitrogens with zero attached hydrogens (tertiary/aromatic N) is 1. The summed E-state index contributed by atoms with van der Waals surface area (Å²) in [5, 5.41) is 0.917. The Labute approximate surface area is 83.3 Å². The lowest BCUT2D eigenvalue weighted by atomic mass is 10.1. The van der Waals surface area contributed by atoms with Gasteiger partial charge in [-0.15, -0.1) is 0 Å². The first-order valence-electron chi connectivity index (χ1n) is 4.51. The van der Waals surface area contributed by atoms with Gasteiger partial charge in [0.05, 0.1) is 0 Å². The minimum absolute atomic E-state index is 0.917. The zero-order chi connectivity index (χ0) is 8.81. The maximum absolute atomic E-state index is 4.03. The van der Waals surface area contributed by atoms with Gasteiger partial charge in [-0.3, -0.25) is 0 Å². The molecule has 0 bridgehead atoms. The predicted octanol–water partition coefficient (Wildman–Crippen LogP) is 2.94. The van der Waals surface area contributed by atoms with Crippen molar-refractivity contribution in [1.82, 2.24) is 4.90 Å². The van der Waals surface area contributed by atoms with Gasteiger partial charge in [0.1, 0.15) is 0 Å². The summed E-state index contributed by atoms with van der Waals surface area (Å²) in [5.41, 5.74) is 1.16. The molecule has 0 amide bonds. The minimum atomic E-state index is 0.917. The van der Waals surface area contributed by atoms with Gasteiger partial charge in [0, 0.05) is 24.1 Å². The first-order chi connectivity index (χ1) is 5.84. The maximum atomic E-state index is 4.03. The lowest BCUT2D eigenvalue weighted by molar-refractivity contribution is 0.294. The highest BCUT2D eigenvalue weighted by Crippen LogP contribution is 2.13. The van der Waals surface area contributed by atoms with E-state index in [2.05, 4.69) is 39.6 Å². The van der Waals surface area contributed by atoms with Crippen LogP contribution in [0.15, 0.2) is 24.4 Å². The van der Waals surface area contributed by atoms with Crippen molar-refractivity contribution in [1.29, 1.82) is 0 Å². The van der Waals surface area contributed by atoms with Crippen LogP contribution in [0, 0.1) is 0 Å². The summed E-state index contributed by atoms with van der Waals surface area (Å²) in [6.07, 6.45) is 8.21. The van der Waals surface area contributed by atoms with E-state index in [0.29, 0.717) is 0 Å². The fourth-order valence-electron chi connectivity index (χ4n) is 1.47. The van der Waals surface area contributed by atoms with Gasteiger partial charge in [-0.25, -0.2) is 0 Å². The molecule has 0 aromatic heterocycles. The SMILES string of the molecule is C=C(/C=C/CBr)N1CCCCC1. The number of hydrogen-bond acceptors (Lipinski definition) is 1. The molecule has 1 aliphatic heterocycles. The molecule has 0 unspecified atom stereocenters. The molecule has 0 N–H and O–H groups in total. The fraction of sp³-hybridized carbons (Fsp3) is 0.600. The van der Waals surface area contributed by atoms with Gasteiger partial charge in [-0.2, -0.15) is 0 Å². The zero-order valence-electron chi connectivity index (χ0n) is 7.43. The first kappa shape index (κ1) is 9.85. The third-order valence-corrected chi connectivity index (χ3v) is 2.54. The van der Waals surface area contributed by atoms with Crippen molar-refractivity contribution in [3.63, 3.8) is 0 Å². The Morgan fingerprint density at radius 1 is 1.33 bits per heavy atom. The minimum Gasteiger partial charge on any atom is -0.372 e. The van der Waals surface area contributed by atoms with Crippen LogP contribution in [-0.2, 0) is 0 Å². The number of hydrogen-bond donors (Lipinski definition) is 0. The van der Waals surface area contributed by atoms with Crippen molar-refractivity contribution < 1.29 is 0 Å². The number of alkyl halides is 1. The molecule has 1 fully saturated rings. The van der Waals surface area contributed by atoms with Crippen LogP contribution >= 0.6 is 15.9 Å². The number of allylic oxidation sites excluding steroid dienone is 2. The molecule has 2 heteroatoms. The van der Waals surface area contributed by atoms with Gasteiger partial charge in [0.25, 0.3) is 0 Å². The lowest BCUT2D eigenvalue weighted by Gasteiger charge is -2.28. The molecule has 0 aromatic carbocycles. The largest absolute Gasteiger partial charge is 0.372 e. The van der Waals surface area contributed by atoms with E-state index in [1.807, 2.05) is 0 Å². The Morgan fingerprint density at radius 2 is 2.00 bits per heavy atom. The van der Waals surface area contributed by atoms with E-state index in [0.717, 1.165) is 11.0 Å². The molecule has 0 atom stereocenters. The quantitative estimate of drug-likeness (QED) is 0.532. The lowest BCUT2D eigenvalue weighted by Crippen LogP contribution is -2.27. The van der Waals surface area contributed by atoms with Crippen molar-refractivity contribution in [2.75, 3.05) is 18.4 Å². The van der Waals surface area contributed by atoms with Gasteiger partial charge in [-0.05, 0) is 25.3 Å². The first-order valence-corrected chi connectivity index (χ1v) is 5.63. The van der Waals surface area contributed by atoms with E-state index in [1.54, 1.807) is 0 Å². The van der Waals surface area contributed by atoms with Gasteiger partial charge < -0.3 is 4.90 Å². The van der Waals surface area contributed by atoms with Crippen LogP contribution < -0.4 is 0 Å². The van der Waals surface area contributed by atoms with E-state index in [1.165, 1.54) is 32.4 Å². The Bertz CT molecular complexity index is 169. The second-order valence-electron chi connectivity index (χ2n) is 3.10. The molecule has 1 rings (SSSR count). The average Bonchev–Trinajstić information content (AvgIpc) is 2.15. The molecule has 68 valence electrons. The van der Waals surface area contributed by atoms with Gasteiger partial charge in [-0.1, -0.05) is 28.6 Å². The Morgan fingerprint density at radius 3 is 2.58 bits per heavy atom. The van der Waals surface area contributed by atoms with Gasteiger partial charge in [0.15, 0.2) is 0 Å². The topological polar surface area (TPSA) is 3.24 Å². The molecule has 0 saturated carbocycles. The number of halogens is 1. The Kier molecular flexibility index (Phi) is 4.44. The van der Waals surface area contributed by atoms with Crippen LogP contribution in [-0.4, -0.2) is 23.3 Å². The van der Waals surface area contributed by atoms with E-state index >= 15 is 0 Å².